The molecule has 0 saturated heterocycles. The van der Waals surface area contributed by atoms with Crippen LogP contribution >= 0.6 is 0 Å². The molecule has 0 bridgehead atoms. The van der Waals surface area contributed by atoms with E-state index in [1.54, 1.807) is 6.26 Å². The van der Waals surface area contributed by atoms with Crippen molar-refractivity contribution < 1.29 is 23.1 Å². The lowest BCUT2D eigenvalue weighted by molar-refractivity contribution is -0.141. The van der Waals surface area contributed by atoms with Crippen LogP contribution in [0.25, 0.3) is 11.0 Å². The maximum absolute atomic E-state index is 12.9. The summed E-state index contributed by atoms with van der Waals surface area (Å²) in [5.41, 5.74) is 4.46. The van der Waals surface area contributed by atoms with Crippen molar-refractivity contribution in [2.75, 3.05) is 6.61 Å². The molecule has 0 atom stereocenters. The average Bonchev–Trinajstić information content (AvgIpc) is 3.25. The third-order valence-corrected chi connectivity index (χ3v) is 4.73. The lowest BCUT2D eigenvalue weighted by Gasteiger charge is -2.04. The second-order valence-electron chi connectivity index (χ2n) is 6.50. The highest BCUT2D eigenvalue weighted by atomic mass is 19.1. The summed E-state index contributed by atoms with van der Waals surface area (Å²) in [6.07, 6.45) is 4.87. The second kappa shape index (κ2) is 6.75. The number of carbonyl (C=O) groups is 2. The molecule has 1 aromatic heterocycles. The molecule has 26 heavy (non-hydrogen) atoms. The highest BCUT2D eigenvalue weighted by Crippen LogP contribution is 2.30. The van der Waals surface area contributed by atoms with Gasteiger partial charge in [-0.05, 0) is 66.8 Å². The van der Waals surface area contributed by atoms with Gasteiger partial charge >= 0.3 is 5.97 Å². The normalized spacial score (nSPS) is 13.0. The van der Waals surface area contributed by atoms with Crippen LogP contribution < -0.4 is 0 Å². The number of rotatable bonds is 5. The predicted molar refractivity (Wildman–Crippen MR) is 93.6 cm³/mol. The maximum atomic E-state index is 12.9. The van der Waals surface area contributed by atoms with Crippen molar-refractivity contribution in [3.63, 3.8) is 0 Å². The van der Waals surface area contributed by atoms with Gasteiger partial charge in [0, 0.05) is 16.5 Å². The zero-order valence-electron chi connectivity index (χ0n) is 14.1. The van der Waals surface area contributed by atoms with E-state index in [0.717, 1.165) is 35.8 Å². The Bertz CT molecular complexity index is 985. The predicted octanol–water partition coefficient (Wildman–Crippen LogP) is 4.03. The second-order valence-corrected chi connectivity index (χ2v) is 6.50. The number of aryl methyl sites for hydroxylation is 2. The number of ketones is 1. The molecule has 132 valence electrons. The average molecular weight is 352 g/mol. The van der Waals surface area contributed by atoms with Crippen molar-refractivity contribution >= 4 is 22.7 Å². The zero-order chi connectivity index (χ0) is 18.1. The Morgan fingerprint density at radius 1 is 1.08 bits per heavy atom. The van der Waals surface area contributed by atoms with Gasteiger partial charge in [0.1, 0.15) is 11.4 Å². The first-order chi connectivity index (χ1) is 12.6. The van der Waals surface area contributed by atoms with Gasteiger partial charge in [-0.1, -0.05) is 0 Å². The minimum atomic E-state index is -0.497. The summed E-state index contributed by atoms with van der Waals surface area (Å²) in [4.78, 5) is 24.1. The molecular weight excluding hydrogens is 335 g/mol. The van der Waals surface area contributed by atoms with Gasteiger partial charge in [-0.3, -0.25) is 9.59 Å². The third-order valence-electron chi connectivity index (χ3n) is 4.73. The van der Waals surface area contributed by atoms with Crippen LogP contribution in [-0.2, 0) is 28.8 Å². The van der Waals surface area contributed by atoms with Crippen molar-refractivity contribution in [3.8, 4) is 0 Å². The van der Waals surface area contributed by atoms with E-state index in [1.165, 1.54) is 35.4 Å². The molecule has 4 nitrogen and oxygen atoms in total. The molecule has 0 saturated carbocycles. The summed E-state index contributed by atoms with van der Waals surface area (Å²) in [5, 5.41) is 0.924. The fraction of sp³-hybridized carbons (Fsp3) is 0.238. The quantitative estimate of drug-likeness (QED) is 0.514. The van der Waals surface area contributed by atoms with Crippen LogP contribution in [0.4, 0.5) is 4.39 Å². The van der Waals surface area contributed by atoms with Crippen LogP contribution in [0, 0.1) is 5.82 Å². The van der Waals surface area contributed by atoms with Crippen molar-refractivity contribution in [2.24, 2.45) is 0 Å². The first kappa shape index (κ1) is 16.5. The Kier molecular flexibility index (Phi) is 4.29. The van der Waals surface area contributed by atoms with E-state index in [4.69, 9.17) is 9.15 Å². The van der Waals surface area contributed by atoms with Gasteiger partial charge < -0.3 is 9.15 Å². The minimum Gasteiger partial charge on any atom is -0.464 e. The molecule has 1 aliphatic carbocycles. The van der Waals surface area contributed by atoms with Crippen LogP contribution in [0.15, 0.2) is 47.1 Å². The Morgan fingerprint density at radius 3 is 2.58 bits per heavy atom. The molecule has 0 radical (unpaired) electrons. The number of hydrogen-bond donors (Lipinski definition) is 0. The lowest BCUT2D eigenvalue weighted by Crippen LogP contribution is -2.15. The number of fused-ring (bicyclic) bond motifs is 2. The Morgan fingerprint density at radius 2 is 1.81 bits per heavy atom. The first-order valence-corrected chi connectivity index (χ1v) is 8.56. The van der Waals surface area contributed by atoms with Gasteiger partial charge in [-0.25, -0.2) is 4.39 Å². The van der Waals surface area contributed by atoms with Crippen molar-refractivity contribution in [1.29, 1.82) is 0 Å². The number of hydrogen-bond acceptors (Lipinski definition) is 4. The summed E-state index contributed by atoms with van der Waals surface area (Å²) in [5.74, 6) is -1.28. The van der Waals surface area contributed by atoms with Gasteiger partial charge in [0.15, 0.2) is 12.4 Å². The molecule has 1 heterocycles. The Balaban J connectivity index is 1.41. The van der Waals surface area contributed by atoms with Gasteiger partial charge in [-0.2, -0.15) is 0 Å². The van der Waals surface area contributed by atoms with Gasteiger partial charge in [-0.15, -0.1) is 0 Å². The largest absolute Gasteiger partial charge is 0.464 e. The van der Waals surface area contributed by atoms with Crippen molar-refractivity contribution in [3.05, 3.63) is 70.7 Å². The molecule has 0 aliphatic heterocycles. The summed E-state index contributed by atoms with van der Waals surface area (Å²) in [7, 11) is 0. The van der Waals surface area contributed by atoms with Crippen LogP contribution in [0.3, 0.4) is 0 Å². The molecule has 0 N–H and O–H groups in total. The number of benzene rings is 2. The van der Waals surface area contributed by atoms with E-state index in [-0.39, 0.29) is 18.8 Å². The van der Waals surface area contributed by atoms with Crippen LogP contribution in [-0.4, -0.2) is 18.4 Å². The number of ether oxygens (including phenoxy) is 1. The first-order valence-electron chi connectivity index (χ1n) is 8.56. The SMILES string of the molecule is O=C(Cc1coc2cc3c(cc12)CCC3)OCC(=O)c1ccc(F)cc1. The van der Waals surface area contributed by atoms with E-state index in [0.29, 0.717) is 5.56 Å². The molecule has 5 heteroatoms. The smallest absolute Gasteiger partial charge is 0.310 e. The molecular formula is C21H17FO4. The molecule has 2 aromatic carbocycles. The van der Waals surface area contributed by atoms with Crippen molar-refractivity contribution in [1.82, 2.24) is 0 Å². The molecule has 0 amide bonds. The topological polar surface area (TPSA) is 56.5 Å². The Labute approximate surface area is 149 Å². The van der Waals surface area contributed by atoms with Crippen LogP contribution in [0.1, 0.15) is 33.5 Å². The standard InChI is InChI=1S/C21H17FO4/c22-17-6-4-13(5-7-17)19(23)12-26-21(24)10-16-11-25-20-9-15-3-1-2-14(15)8-18(16)20/h4-9,11H,1-3,10,12H2. The van der Waals surface area contributed by atoms with E-state index in [9.17, 15) is 14.0 Å². The zero-order valence-corrected chi connectivity index (χ0v) is 14.1. The summed E-state index contributed by atoms with van der Waals surface area (Å²) < 4.78 is 23.5. The number of Topliss-reactive ketones (excluding diaryl/α,β-unsaturated/α-hetero) is 1. The summed E-state index contributed by atoms with van der Waals surface area (Å²) >= 11 is 0. The molecule has 4 rings (SSSR count). The number of halogens is 1. The highest BCUT2D eigenvalue weighted by molar-refractivity contribution is 5.98. The summed E-state index contributed by atoms with van der Waals surface area (Å²) in [6.45, 7) is -0.365. The molecule has 0 fully saturated rings. The van der Waals surface area contributed by atoms with Crippen molar-refractivity contribution in [2.45, 2.75) is 25.7 Å². The van der Waals surface area contributed by atoms with Crippen LogP contribution in [0.2, 0.25) is 0 Å². The third kappa shape index (κ3) is 3.25. The Hall–Kier alpha value is -2.95. The lowest BCUT2D eigenvalue weighted by atomic mass is 10.0. The fourth-order valence-electron chi connectivity index (χ4n) is 3.36. The van der Waals surface area contributed by atoms with Gasteiger partial charge in [0.2, 0.25) is 0 Å². The van der Waals surface area contributed by atoms with Crippen LogP contribution in [0.5, 0.6) is 0 Å². The molecule has 0 spiro atoms. The fourth-order valence-corrected chi connectivity index (χ4v) is 3.36. The number of furan rings is 1. The number of esters is 1. The van der Waals surface area contributed by atoms with E-state index >= 15 is 0 Å². The number of carbonyl (C=O) groups excluding carboxylic acids is 2. The molecule has 0 unspecified atom stereocenters. The maximum Gasteiger partial charge on any atom is 0.310 e. The van der Waals surface area contributed by atoms with E-state index in [1.807, 2.05) is 6.07 Å². The van der Waals surface area contributed by atoms with E-state index < -0.39 is 11.8 Å². The molecule has 3 aromatic rings. The van der Waals surface area contributed by atoms with Gasteiger partial charge in [0.25, 0.3) is 0 Å². The van der Waals surface area contributed by atoms with E-state index in [2.05, 4.69) is 6.07 Å². The summed E-state index contributed by atoms with van der Waals surface area (Å²) in [6, 6.07) is 9.28. The molecule has 1 aliphatic rings. The minimum absolute atomic E-state index is 0.0441. The monoisotopic (exact) mass is 352 g/mol. The van der Waals surface area contributed by atoms with Gasteiger partial charge in [0.05, 0.1) is 12.7 Å². The highest BCUT2D eigenvalue weighted by Gasteiger charge is 2.18.